The van der Waals surface area contributed by atoms with Gasteiger partial charge in [-0.2, -0.15) is 0 Å². The minimum atomic E-state index is -0.289. The van der Waals surface area contributed by atoms with Crippen LogP contribution in [-0.4, -0.2) is 19.1 Å². The molecule has 0 aliphatic carbocycles. The molecule has 2 aromatic carbocycles. The standard InChI is InChI=1S/C22H15FN4O/c23-16-10-8-15(9-11-16)13-26-14-25-19-18-7-4-12-24-21(18)27(22(28)20(19)26)17-5-2-1-3-6-17/h1-12,14H,13H2. The molecule has 136 valence electrons. The van der Waals surface area contributed by atoms with Crippen LogP contribution >= 0.6 is 0 Å². The predicted molar refractivity (Wildman–Crippen MR) is 106 cm³/mol. The van der Waals surface area contributed by atoms with E-state index in [0.29, 0.717) is 23.2 Å². The van der Waals surface area contributed by atoms with Gasteiger partial charge < -0.3 is 4.57 Å². The maximum Gasteiger partial charge on any atom is 0.282 e. The summed E-state index contributed by atoms with van der Waals surface area (Å²) in [5.74, 6) is -0.289. The number of nitrogens with zero attached hydrogens (tertiary/aromatic N) is 4. The Balaban J connectivity index is 1.81. The summed E-state index contributed by atoms with van der Waals surface area (Å²) in [7, 11) is 0. The number of hydrogen-bond donors (Lipinski definition) is 0. The van der Waals surface area contributed by atoms with Crippen LogP contribution in [0.25, 0.3) is 27.8 Å². The van der Waals surface area contributed by atoms with E-state index in [2.05, 4.69) is 9.97 Å². The Kier molecular flexibility index (Phi) is 3.76. The average molecular weight is 370 g/mol. The number of aromatic nitrogens is 4. The maximum absolute atomic E-state index is 13.5. The molecule has 0 N–H and O–H groups in total. The molecule has 0 spiro atoms. The van der Waals surface area contributed by atoms with Gasteiger partial charge in [0.05, 0.1) is 12.0 Å². The number of rotatable bonds is 3. The molecule has 5 nitrogen and oxygen atoms in total. The average Bonchev–Trinajstić information content (AvgIpc) is 3.15. The summed E-state index contributed by atoms with van der Waals surface area (Å²) in [6.07, 6.45) is 3.32. The number of fused-ring (bicyclic) bond motifs is 3. The molecule has 0 unspecified atom stereocenters. The Bertz CT molecular complexity index is 1350. The van der Waals surface area contributed by atoms with Crippen LogP contribution in [0.15, 0.2) is 84.0 Å². The first-order valence-corrected chi connectivity index (χ1v) is 8.87. The van der Waals surface area contributed by atoms with E-state index in [4.69, 9.17) is 0 Å². The van der Waals surface area contributed by atoms with Crippen molar-refractivity contribution < 1.29 is 4.39 Å². The minimum absolute atomic E-state index is 0.188. The van der Waals surface area contributed by atoms with Crippen molar-refractivity contribution >= 4 is 22.1 Å². The molecule has 5 aromatic rings. The van der Waals surface area contributed by atoms with Crippen LogP contribution in [0.3, 0.4) is 0 Å². The third kappa shape index (κ3) is 2.58. The zero-order valence-corrected chi connectivity index (χ0v) is 14.8. The molecule has 6 heteroatoms. The number of para-hydroxylation sites is 1. The summed E-state index contributed by atoms with van der Waals surface area (Å²) in [6.45, 7) is 0.423. The fraction of sp³-hybridized carbons (Fsp3) is 0.0455. The summed E-state index contributed by atoms with van der Waals surface area (Å²) >= 11 is 0. The predicted octanol–water partition coefficient (Wildman–Crippen LogP) is 3.92. The third-order valence-corrected chi connectivity index (χ3v) is 4.78. The number of hydrogen-bond acceptors (Lipinski definition) is 3. The molecule has 0 saturated heterocycles. The number of imidazole rings is 1. The Labute approximate surface area is 159 Å². The highest BCUT2D eigenvalue weighted by Crippen LogP contribution is 2.23. The summed E-state index contributed by atoms with van der Waals surface area (Å²) in [6, 6.07) is 19.4. The van der Waals surface area contributed by atoms with Gasteiger partial charge in [0.15, 0.2) is 0 Å². The van der Waals surface area contributed by atoms with E-state index in [9.17, 15) is 9.18 Å². The minimum Gasteiger partial charge on any atom is -0.322 e. The highest BCUT2D eigenvalue weighted by atomic mass is 19.1. The highest BCUT2D eigenvalue weighted by Gasteiger charge is 2.17. The molecule has 0 aliphatic rings. The summed E-state index contributed by atoms with van der Waals surface area (Å²) < 4.78 is 16.6. The molecule has 5 rings (SSSR count). The smallest absolute Gasteiger partial charge is 0.282 e. The van der Waals surface area contributed by atoms with Crippen molar-refractivity contribution in [2.75, 3.05) is 0 Å². The number of benzene rings is 2. The number of pyridine rings is 2. The highest BCUT2D eigenvalue weighted by molar-refractivity contribution is 6.01. The molecule has 0 bridgehead atoms. The molecule has 0 fully saturated rings. The maximum atomic E-state index is 13.5. The quantitative estimate of drug-likeness (QED) is 0.484. The Morgan fingerprint density at radius 2 is 1.68 bits per heavy atom. The van der Waals surface area contributed by atoms with Crippen molar-refractivity contribution in [1.82, 2.24) is 19.1 Å². The van der Waals surface area contributed by atoms with Gasteiger partial charge in [-0.3, -0.25) is 9.36 Å². The van der Waals surface area contributed by atoms with Gasteiger partial charge in [-0.1, -0.05) is 30.3 Å². The topological polar surface area (TPSA) is 52.7 Å². The second-order valence-corrected chi connectivity index (χ2v) is 6.55. The first-order chi connectivity index (χ1) is 13.7. The first kappa shape index (κ1) is 16.4. The molecule has 3 aromatic heterocycles. The summed E-state index contributed by atoms with van der Waals surface area (Å²) in [4.78, 5) is 22.4. The van der Waals surface area contributed by atoms with Crippen molar-refractivity contribution in [2.24, 2.45) is 0 Å². The Hall–Kier alpha value is -3.80. The van der Waals surface area contributed by atoms with Crippen LogP contribution in [0.4, 0.5) is 4.39 Å². The van der Waals surface area contributed by atoms with Crippen molar-refractivity contribution in [3.05, 3.63) is 101 Å². The van der Waals surface area contributed by atoms with Gasteiger partial charge in [0, 0.05) is 18.1 Å². The zero-order chi connectivity index (χ0) is 19.1. The molecule has 28 heavy (non-hydrogen) atoms. The molecule has 0 saturated carbocycles. The second kappa shape index (κ2) is 6.42. The normalized spacial score (nSPS) is 11.3. The van der Waals surface area contributed by atoms with Crippen molar-refractivity contribution in [3.8, 4) is 5.69 Å². The largest absolute Gasteiger partial charge is 0.322 e. The van der Waals surface area contributed by atoms with E-state index < -0.39 is 0 Å². The van der Waals surface area contributed by atoms with E-state index in [-0.39, 0.29) is 11.4 Å². The van der Waals surface area contributed by atoms with E-state index in [1.54, 1.807) is 33.8 Å². The lowest BCUT2D eigenvalue weighted by Crippen LogP contribution is -2.22. The Morgan fingerprint density at radius 1 is 0.893 bits per heavy atom. The van der Waals surface area contributed by atoms with Gasteiger partial charge in [0.1, 0.15) is 22.5 Å². The monoisotopic (exact) mass is 370 g/mol. The number of halogens is 1. The van der Waals surface area contributed by atoms with Gasteiger partial charge in [-0.15, -0.1) is 0 Å². The van der Waals surface area contributed by atoms with E-state index in [1.807, 2.05) is 42.5 Å². The Morgan fingerprint density at radius 3 is 2.46 bits per heavy atom. The molecular weight excluding hydrogens is 355 g/mol. The first-order valence-electron chi connectivity index (χ1n) is 8.87. The SMILES string of the molecule is O=c1c2c(ncn2Cc2ccc(F)cc2)c2cccnc2n1-c1ccccc1. The van der Waals surface area contributed by atoms with Gasteiger partial charge in [0.2, 0.25) is 0 Å². The lowest BCUT2D eigenvalue weighted by molar-refractivity contribution is 0.626. The third-order valence-electron chi connectivity index (χ3n) is 4.78. The molecule has 3 heterocycles. The van der Waals surface area contributed by atoms with E-state index in [1.165, 1.54) is 12.1 Å². The van der Waals surface area contributed by atoms with Crippen LogP contribution in [0.2, 0.25) is 0 Å². The van der Waals surface area contributed by atoms with Crippen molar-refractivity contribution in [2.45, 2.75) is 6.54 Å². The second-order valence-electron chi connectivity index (χ2n) is 6.55. The zero-order valence-electron chi connectivity index (χ0n) is 14.8. The fourth-order valence-electron chi connectivity index (χ4n) is 3.49. The van der Waals surface area contributed by atoms with Crippen LogP contribution in [-0.2, 0) is 6.54 Å². The lowest BCUT2D eigenvalue weighted by atomic mass is 10.2. The van der Waals surface area contributed by atoms with Crippen molar-refractivity contribution in [3.63, 3.8) is 0 Å². The lowest BCUT2D eigenvalue weighted by Gasteiger charge is -2.11. The molecule has 0 aliphatic heterocycles. The van der Waals surface area contributed by atoms with E-state index in [0.717, 1.165) is 16.6 Å². The summed E-state index contributed by atoms with van der Waals surface area (Å²) in [5.41, 5.74) is 3.12. The van der Waals surface area contributed by atoms with Gasteiger partial charge in [-0.05, 0) is 42.0 Å². The van der Waals surface area contributed by atoms with Crippen LogP contribution < -0.4 is 5.56 Å². The molecule has 0 amide bonds. The summed E-state index contributed by atoms with van der Waals surface area (Å²) in [5, 5.41) is 0.804. The van der Waals surface area contributed by atoms with Gasteiger partial charge in [0.25, 0.3) is 5.56 Å². The van der Waals surface area contributed by atoms with Gasteiger partial charge in [-0.25, -0.2) is 14.4 Å². The van der Waals surface area contributed by atoms with Crippen LogP contribution in [0.5, 0.6) is 0 Å². The fourth-order valence-corrected chi connectivity index (χ4v) is 3.49. The molecule has 0 atom stereocenters. The van der Waals surface area contributed by atoms with Gasteiger partial charge >= 0.3 is 0 Å². The van der Waals surface area contributed by atoms with Crippen molar-refractivity contribution in [1.29, 1.82) is 0 Å². The van der Waals surface area contributed by atoms with Crippen LogP contribution in [0.1, 0.15) is 5.56 Å². The van der Waals surface area contributed by atoms with E-state index >= 15 is 0 Å². The molecule has 0 radical (unpaired) electrons. The molecular formula is C22H15FN4O. The van der Waals surface area contributed by atoms with Crippen LogP contribution in [0, 0.1) is 5.82 Å².